The Hall–Kier alpha value is -3.17. The Morgan fingerprint density at radius 1 is 1.17 bits per heavy atom. The minimum atomic E-state index is -0.351. The van der Waals surface area contributed by atoms with E-state index in [4.69, 9.17) is 9.47 Å². The van der Waals surface area contributed by atoms with Gasteiger partial charge in [-0.1, -0.05) is 6.07 Å². The minimum absolute atomic E-state index is 0.225. The van der Waals surface area contributed by atoms with Crippen molar-refractivity contribution in [2.75, 3.05) is 33.4 Å². The number of likely N-dealkylation sites (tertiary alicyclic amines) is 1. The van der Waals surface area contributed by atoms with Crippen LogP contribution in [-0.2, 0) is 6.54 Å². The van der Waals surface area contributed by atoms with Crippen molar-refractivity contribution < 1.29 is 9.47 Å². The number of rotatable bonds is 6. The monoisotopic (exact) mass is 492 g/mol. The fourth-order valence-electron chi connectivity index (χ4n) is 5.57. The predicted molar refractivity (Wildman–Crippen MR) is 137 cm³/mol. The highest BCUT2D eigenvalue weighted by molar-refractivity contribution is 7.25. The van der Waals surface area contributed by atoms with Crippen molar-refractivity contribution in [3.63, 3.8) is 0 Å². The first-order chi connectivity index (χ1) is 17.0. The van der Waals surface area contributed by atoms with Gasteiger partial charge in [0.05, 0.1) is 19.2 Å². The zero-order valence-electron chi connectivity index (χ0n) is 19.9. The van der Waals surface area contributed by atoms with E-state index < -0.39 is 0 Å². The second-order valence-electron chi connectivity index (χ2n) is 9.51. The molecule has 2 aliphatic rings. The molecule has 182 valence electrons. The Labute approximate surface area is 206 Å². The number of hydrogen-bond donors (Lipinski definition) is 1. The van der Waals surface area contributed by atoms with Gasteiger partial charge in [-0.25, -0.2) is 9.78 Å². The Morgan fingerprint density at radius 3 is 2.89 bits per heavy atom. The molecule has 1 saturated heterocycles. The van der Waals surface area contributed by atoms with Crippen LogP contribution >= 0.6 is 11.3 Å². The molecular formula is C26H28N4O4S. The lowest BCUT2D eigenvalue weighted by Gasteiger charge is -2.29. The van der Waals surface area contributed by atoms with Gasteiger partial charge in [-0.2, -0.15) is 0 Å². The van der Waals surface area contributed by atoms with E-state index in [1.165, 1.54) is 21.5 Å². The highest BCUT2D eigenvalue weighted by atomic mass is 32.1. The number of nitrogens with one attached hydrogen (secondary N) is 1. The molecule has 3 aromatic heterocycles. The van der Waals surface area contributed by atoms with Crippen molar-refractivity contribution in [1.82, 2.24) is 19.4 Å². The number of thiophene rings is 1. The molecule has 35 heavy (non-hydrogen) atoms. The van der Waals surface area contributed by atoms with Crippen LogP contribution in [0.2, 0.25) is 0 Å². The van der Waals surface area contributed by atoms with E-state index >= 15 is 0 Å². The van der Waals surface area contributed by atoms with Gasteiger partial charge < -0.3 is 19.4 Å². The van der Waals surface area contributed by atoms with Crippen LogP contribution in [0, 0.1) is 12.8 Å². The van der Waals surface area contributed by atoms with Gasteiger partial charge in [-0.05, 0) is 50.6 Å². The zero-order chi connectivity index (χ0) is 24.1. The topological polar surface area (TPSA) is 89.5 Å². The number of methoxy groups -OCH3 is 1. The van der Waals surface area contributed by atoms with Crippen LogP contribution in [0.3, 0.4) is 0 Å². The maximum absolute atomic E-state index is 13.1. The number of fused-ring (bicyclic) bond motifs is 6. The van der Waals surface area contributed by atoms with Gasteiger partial charge in [0.2, 0.25) is 0 Å². The number of aromatic amines is 1. The fraction of sp³-hybridized carbons (Fsp3) is 0.423. The number of nitrogens with zero attached hydrogens (tertiary/aromatic N) is 3. The van der Waals surface area contributed by atoms with E-state index in [0.29, 0.717) is 28.6 Å². The quantitative estimate of drug-likeness (QED) is 0.415. The van der Waals surface area contributed by atoms with E-state index in [0.717, 1.165) is 66.5 Å². The minimum Gasteiger partial charge on any atom is -0.496 e. The lowest BCUT2D eigenvalue weighted by molar-refractivity contribution is 0.209. The molecule has 8 nitrogen and oxygen atoms in total. The summed E-state index contributed by atoms with van der Waals surface area (Å²) in [5.41, 5.74) is 2.10. The average molecular weight is 493 g/mol. The molecule has 4 aromatic rings. The van der Waals surface area contributed by atoms with Gasteiger partial charge in [-0.15, -0.1) is 11.3 Å². The number of aryl methyl sites for hydroxylation is 1. The molecule has 6 rings (SSSR count). The molecule has 1 fully saturated rings. The van der Waals surface area contributed by atoms with Gasteiger partial charge in [-0.3, -0.25) is 9.36 Å². The molecule has 0 spiro atoms. The summed E-state index contributed by atoms with van der Waals surface area (Å²) < 4.78 is 13.5. The summed E-state index contributed by atoms with van der Waals surface area (Å²) in [5, 5.41) is 0.828. The molecule has 9 heteroatoms. The standard InChI is InChI=1S/C26H28N4O4S/c1-15-8-9-17-22-23(35-24(17)27-15)25(31)30(26(32)28-22)11-4-3-10-29-12-16-14-34-20-7-5-6-19(33-2)21(20)18(16)13-29/h5-9,16,18H,3-4,10-14H2,1-2H3,(H,28,32)/t16-,18+/m0/s1. The van der Waals surface area contributed by atoms with Crippen LogP contribution in [0.4, 0.5) is 0 Å². The molecule has 1 N–H and O–H groups in total. The van der Waals surface area contributed by atoms with E-state index in [-0.39, 0.29) is 11.2 Å². The third-order valence-electron chi connectivity index (χ3n) is 7.30. The van der Waals surface area contributed by atoms with Gasteiger partial charge in [0.1, 0.15) is 21.0 Å². The van der Waals surface area contributed by atoms with Gasteiger partial charge in [0, 0.05) is 48.1 Å². The zero-order valence-corrected chi connectivity index (χ0v) is 20.7. The fourth-order valence-corrected chi connectivity index (χ4v) is 6.70. The highest BCUT2D eigenvalue weighted by Gasteiger charge is 2.40. The Morgan fingerprint density at radius 2 is 2.03 bits per heavy atom. The number of aromatic nitrogens is 3. The number of hydrogen-bond acceptors (Lipinski definition) is 7. The molecule has 0 amide bonds. The Kier molecular flexibility index (Phi) is 5.61. The molecule has 2 aliphatic heterocycles. The van der Waals surface area contributed by atoms with Gasteiger partial charge >= 0.3 is 5.69 Å². The Bertz CT molecular complexity index is 1520. The second kappa shape index (κ2) is 8.80. The summed E-state index contributed by atoms with van der Waals surface area (Å²) in [6.07, 6.45) is 1.68. The number of H-pyrrole nitrogens is 1. The SMILES string of the molecule is COc1cccc2c1[C@@H]1CN(CCCCn3c(=O)[nH]c4c(sc5nc(C)ccc54)c3=O)C[C@H]1CO2. The molecule has 0 bridgehead atoms. The first-order valence-corrected chi connectivity index (χ1v) is 12.9. The van der Waals surface area contributed by atoms with Crippen molar-refractivity contribution in [2.45, 2.75) is 32.2 Å². The van der Waals surface area contributed by atoms with Crippen LogP contribution in [0.25, 0.3) is 20.4 Å². The maximum atomic E-state index is 13.1. The molecular weight excluding hydrogens is 464 g/mol. The van der Waals surface area contributed by atoms with Crippen LogP contribution in [0.5, 0.6) is 11.5 Å². The lowest BCUT2D eigenvalue weighted by Crippen LogP contribution is -2.34. The van der Waals surface area contributed by atoms with Crippen molar-refractivity contribution in [1.29, 1.82) is 0 Å². The summed E-state index contributed by atoms with van der Waals surface area (Å²) in [4.78, 5) is 36.5. The van der Waals surface area contributed by atoms with Crippen LogP contribution in [-0.4, -0.2) is 52.8 Å². The Balaban J connectivity index is 1.13. The summed E-state index contributed by atoms with van der Waals surface area (Å²) in [7, 11) is 1.71. The first kappa shape index (κ1) is 22.3. The third-order valence-corrected chi connectivity index (χ3v) is 8.39. The van der Waals surface area contributed by atoms with Crippen molar-refractivity contribution in [3.8, 4) is 11.5 Å². The molecule has 5 heterocycles. The smallest absolute Gasteiger partial charge is 0.328 e. The van der Waals surface area contributed by atoms with Crippen molar-refractivity contribution in [2.24, 2.45) is 5.92 Å². The van der Waals surface area contributed by atoms with Crippen LogP contribution in [0.1, 0.15) is 30.0 Å². The second-order valence-corrected chi connectivity index (χ2v) is 10.5. The third kappa shape index (κ3) is 3.83. The van der Waals surface area contributed by atoms with E-state index in [1.807, 2.05) is 37.3 Å². The van der Waals surface area contributed by atoms with Crippen LogP contribution in [0.15, 0.2) is 39.9 Å². The van der Waals surface area contributed by atoms with Crippen LogP contribution < -0.4 is 20.7 Å². The number of pyridine rings is 1. The molecule has 0 aliphatic carbocycles. The van der Waals surface area contributed by atoms with Crippen molar-refractivity contribution >= 4 is 31.8 Å². The number of benzene rings is 1. The van der Waals surface area contributed by atoms with E-state index in [2.05, 4.69) is 14.9 Å². The average Bonchev–Trinajstić information content (AvgIpc) is 3.43. The highest BCUT2D eigenvalue weighted by Crippen LogP contribution is 2.46. The lowest BCUT2D eigenvalue weighted by atomic mass is 9.86. The molecule has 0 saturated carbocycles. The molecule has 0 unspecified atom stereocenters. The van der Waals surface area contributed by atoms with Crippen molar-refractivity contribution in [3.05, 3.63) is 62.4 Å². The first-order valence-electron chi connectivity index (χ1n) is 12.1. The summed E-state index contributed by atoms with van der Waals surface area (Å²) in [6.45, 7) is 5.95. The maximum Gasteiger partial charge on any atom is 0.328 e. The molecule has 2 atom stereocenters. The summed E-state index contributed by atoms with van der Waals surface area (Å²) >= 11 is 1.35. The normalized spacial score (nSPS) is 19.6. The molecule has 1 aromatic carbocycles. The van der Waals surface area contributed by atoms with Gasteiger partial charge in [0.15, 0.2) is 0 Å². The largest absolute Gasteiger partial charge is 0.496 e. The summed E-state index contributed by atoms with van der Waals surface area (Å²) in [6, 6.07) is 9.82. The molecule has 0 radical (unpaired) electrons. The predicted octanol–water partition coefficient (Wildman–Crippen LogP) is 3.50. The van der Waals surface area contributed by atoms with Gasteiger partial charge in [0.25, 0.3) is 5.56 Å². The summed E-state index contributed by atoms with van der Waals surface area (Å²) in [5.74, 6) is 2.71. The number of ether oxygens (including phenoxy) is 2. The van der Waals surface area contributed by atoms with E-state index in [1.54, 1.807) is 7.11 Å². The van der Waals surface area contributed by atoms with E-state index in [9.17, 15) is 9.59 Å². The number of unbranched alkanes of at least 4 members (excludes halogenated alkanes) is 1.